The van der Waals surface area contributed by atoms with E-state index in [4.69, 9.17) is 11.6 Å². The van der Waals surface area contributed by atoms with Gasteiger partial charge in [0.1, 0.15) is 0 Å². The molecule has 1 unspecified atom stereocenters. The lowest BCUT2D eigenvalue weighted by Gasteiger charge is -2.39. The molecule has 1 aliphatic rings. The summed E-state index contributed by atoms with van der Waals surface area (Å²) in [7, 11) is 4.17. The number of rotatable bonds is 4. The summed E-state index contributed by atoms with van der Waals surface area (Å²) >= 11 is 6.46. The highest BCUT2D eigenvalue weighted by Crippen LogP contribution is 2.38. The molecule has 1 N–H and O–H groups in total. The van der Waals surface area contributed by atoms with Gasteiger partial charge in [0.2, 0.25) is 0 Å². The van der Waals surface area contributed by atoms with E-state index in [1.54, 1.807) is 0 Å². The molecule has 2 nitrogen and oxygen atoms in total. The van der Waals surface area contributed by atoms with Crippen molar-refractivity contribution < 1.29 is 0 Å². The van der Waals surface area contributed by atoms with Gasteiger partial charge in [0.05, 0.1) is 0 Å². The molecule has 0 heterocycles. The fourth-order valence-electron chi connectivity index (χ4n) is 3.22. The minimum Gasteiger partial charge on any atom is -0.372 e. The van der Waals surface area contributed by atoms with E-state index in [9.17, 15) is 0 Å². The van der Waals surface area contributed by atoms with Gasteiger partial charge in [-0.2, -0.15) is 0 Å². The van der Waals surface area contributed by atoms with Gasteiger partial charge >= 0.3 is 0 Å². The molecule has 1 atom stereocenters. The third-order valence-corrected chi connectivity index (χ3v) is 5.47. The minimum absolute atomic E-state index is 0.285. The van der Waals surface area contributed by atoms with Crippen LogP contribution in [0.25, 0.3) is 0 Å². The normalized spacial score (nSPS) is 20.3. The molecule has 0 radical (unpaired) electrons. The Balaban J connectivity index is 2.10. The van der Waals surface area contributed by atoms with E-state index in [1.807, 2.05) is 7.05 Å². The molecule has 3 heteroatoms. The third kappa shape index (κ3) is 3.92. The highest BCUT2D eigenvalue weighted by Gasteiger charge is 2.29. The van der Waals surface area contributed by atoms with Gasteiger partial charge in [-0.05, 0) is 62.8 Å². The predicted octanol–water partition coefficient (Wildman–Crippen LogP) is 5.03. The van der Waals surface area contributed by atoms with Crippen LogP contribution in [0.4, 0.5) is 5.69 Å². The van der Waals surface area contributed by atoms with Crippen molar-refractivity contribution in [2.24, 2.45) is 5.41 Å². The van der Waals surface area contributed by atoms with Crippen LogP contribution in [0.15, 0.2) is 18.2 Å². The van der Waals surface area contributed by atoms with Gasteiger partial charge in [0.25, 0.3) is 0 Å². The Morgan fingerprint density at radius 3 is 2.43 bits per heavy atom. The van der Waals surface area contributed by atoms with Crippen molar-refractivity contribution in [3.63, 3.8) is 0 Å². The first-order valence-corrected chi connectivity index (χ1v) is 8.41. The number of hydrogen-bond donors (Lipinski definition) is 1. The summed E-state index contributed by atoms with van der Waals surface area (Å²) in [5.74, 6) is 0. The van der Waals surface area contributed by atoms with Crippen LogP contribution < -0.4 is 10.2 Å². The number of benzene rings is 1. The van der Waals surface area contributed by atoms with Crippen molar-refractivity contribution >= 4 is 17.3 Å². The van der Waals surface area contributed by atoms with E-state index in [-0.39, 0.29) is 6.04 Å². The van der Waals surface area contributed by atoms with Gasteiger partial charge in [-0.15, -0.1) is 0 Å². The maximum absolute atomic E-state index is 6.46. The van der Waals surface area contributed by atoms with Crippen molar-refractivity contribution in [3.05, 3.63) is 28.8 Å². The van der Waals surface area contributed by atoms with Gasteiger partial charge in [-0.1, -0.05) is 31.5 Å². The van der Waals surface area contributed by atoms with Crippen LogP contribution in [0.5, 0.6) is 0 Å². The Hall–Kier alpha value is -0.730. The third-order valence-electron chi connectivity index (χ3n) is 5.15. The maximum atomic E-state index is 6.46. The molecule has 118 valence electrons. The molecule has 0 saturated heterocycles. The van der Waals surface area contributed by atoms with E-state index in [0.29, 0.717) is 11.5 Å². The quantitative estimate of drug-likeness (QED) is 0.839. The van der Waals surface area contributed by atoms with Crippen LogP contribution in [0.3, 0.4) is 0 Å². The van der Waals surface area contributed by atoms with Gasteiger partial charge in [0.15, 0.2) is 0 Å². The summed E-state index contributed by atoms with van der Waals surface area (Å²) in [4.78, 5) is 2.41. The standard InChI is InChI=1S/C18H29ClN2/c1-13(20-4)16-7-6-15(12-17(16)19)21(5)14-8-10-18(2,3)11-9-14/h6-7,12-14,20H,8-11H2,1-5H3. The Labute approximate surface area is 134 Å². The van der Waals surface area contributed by atoms with Gasteiger partial charge in [0, 0.05) is 29.8 Å². The second-order valence-corrected chi connectivity index (χ2v) is 7.63. The first kappa shape index (κ1) is 16.6. The number of nitrogens with zero attached hydrogens (tertiary/aromatic N) is 1. The minimum atomic E-state index is 0.285. The molecule has 0 amide bonds. The Kier molecular flexibility index (Phi) is 5.21. The number of nitrogens with one attached hydrogen (secondary N) is 1. The first-order valence-electron chi connectivity index (χ1n) is 8.03. The molecular formula is C18H29ClN2. The molecule has 0 bridgehead atoms. The fourth-order valence-corrected chi connectivity index (χ4v) is 3.56. The lowest BCUT2D eigenvalue weighted by atomic mass is 9.75. The Bertz CT molecular complexity index is 474. The fraction of sp³-hybridized carbons (Fsp3) is 0.667. The van der Waals surface area contributed by atoms with Crippen LogP contribution in [-0.4, -0.2) is 20.1 Å². The molecule has 1 aromatic carbocycles. The van der Waals surface area contributed by atoms with E-state index in [1.165, 1.54) is 36.9 Å². The van der Waals surface area contributed by atoms with Crippen molar-refractivity contribution in [2.75, 3.05) is 19.0 Å². The van der Waals surface area contributed by atoms with Gasteiger partial charge < -0.3 is 10.2 Å². The molecule has 1 aliphatic carbocycles. The zero-order valence-electron chi connectivity index (χ0n) is 14.0. The van der Waals surface area contributed by atoms with E-state index in [0.717, 1.165) is 5.02 Å². The summed E-state index contributed by atoms with van der Waals surface area (Å²) in [5.41, 5.74) is 2.92. The highest BCUT2D eigenvalue weighted by atomic mass is 35.5. The van der Waals surface area contributed by atoms with E-state index in [2.05, 4.69) is 56.2 Å². The summed E-state index contributed by atoms with van der Waals surface area (Å²) in [6, 6.07) is 7.40. The van der Waals surface area contributed by atoms with E-state index >= 15 is 0 Å². The Morgan fingerprint density at radius 2 is 1.90 bits per heavy atom. The summed E-state index contributed by atoms with van der Waals surface area (Å²) in [6.45, 7) is 6.90. The molecule has 1 aromatic rings. The molecule has 21 heavy (non-hydrogen) atoms. The monoisotopic (exact) mass is 308 g/mol. The highest BCUT2D eigenvalue weighted by molar-refractivity contribution is 6.31. The number of hydrogen-bond acceptors (Lipinski definition) is 2. The molecule has 2 rings (SSSR count). The molecule has 1 saturated carbocycles. The summed E-state index contributed by atoms with van der Waals surface area (Å²) < 4.78 is 0. The van der Waals surface area contributed by atoms with E-state index < -0.39 is 0 Å². The lowest BCUT2D eigenvalue weighted by Crippen LogP contribution is -2.37. The molecule has 1 fully saturated rings. The number of halogens is 1. The Morgan fingerprint density at radius 1 is 1.29 bits per heavy atom. The van der Waals surface area contributed by atoms with Crippen LogP contribution >= 0.6 is 11.6 Å². The van der Waals surface area contributed by atoms with Crippen molar-refractivity contribution in [2.45, 2.75) is 58.5 Å². The first-order chi connectivity index (χ1) is 9.84. The number of anilines is 1. The molecule has 0 spiro atoms. The SMILES string of the molecule is CNC(C)c1ccc(N(C)C2CCC(C)(C)CC2)cc1Cl. The average Bonchev–Trinajstić information content (AvgIpc) is 2.45. The molecular weight excluding hydrogens is 280 g/mol. The lowest BCUT2D eigenvalue weighted by molar-refractivity contribution is 0.222. The smallest absolute Gasteiger partial charge is 0.0474 e. The van der Waals surface area contributed by atoms with Crippen LogP contribution in [0, 0.1) is 5.41 Å². The average molecular weight is 309 g/mol. The second kappa shape index (κ2) is 6.58. The second-order valence-electron chi connectivity index (χ2n) is 7.22. The predicted molar refractivity (Wildman–Crippen MR) is 93.4 cm³/mol. The van der Waals surface area contributed by atoms with Crippen LogP contribution in [0.2, 0.25) is 5.02 Å². The zero-order chi connectivity index (χ0) is 15.6. The van der Waals surface area contributed by atoms with Gasteiger partial charge in [-0.3, -0.25) is 0 Å². The van der Waals surface area contributed by atoms with Crippen molar-refractivity contribution in [1.82, 2.24) is 5.32 Å². The largest absolute Gasteiger partial charge is 0.372 e. The summed E-state index contributed by atoms with van der Waals surface area (Å²) in [5, 5.41) is 4.10. The van der Waals surface area contributed by atoms with Crippen molar-refractivity contribution in [3.8, 4) is 0 Å². The maximum Gasteiger partial charge on any atom is 0.0474 e. The molecule has 0 aliphatic heterocycles. The van der Waals surface area contributed by atoms with Crippen molar-refractivity contribution in [1.29, 1.82) is 0 Å². The topological polar surface area (TPSA) is 15.3 Å². The van der Waals surface area contributed by atoms with Crippen LogP contribution in [-0.2, 0) is 0 Å². The van der Waals surface area contributed by atoms with Gasteiger partial charge in [-0.25, -0.2) is 0 Å². The molecule has 0 aromatic heterocycles. The summed E-state index contributed by atoms with van der Waals surface area (Å²) in [6.07, 6.45) is 5.17. The zero-order valence-corrected chi connectivity index (χ0v) is 14.8. The van der Waals surface area contributed by atoms with Crippen LogP contribution in [0.1, 0.15) is 58.1 Å².